The number of amides is 2. The van der Waals surface area contributed by atoms with Crippen LogP contribution in [-0.2, 0) is 15.8 Å². The second-order valence-corrected chi connectivity index (χ2v) is 6.08. The second-order valence-electron chi connectivity index (χ2n) is 6.08. The number of likely N-dealkylation sites (tertiary alicyclic amines) is 1. The molecule has 1 fully saturated rings. The molecule has 24 heavy (non-hydrogen) atoms. The molecule has 0 bridgehead atoms. The summed E-state index contributed by atoms with van der Waals surface area (Å²) in [4.78, 5) is 25.8. The number of nitrogens with zero attached hydrogens (tertiary/aromatic N) is 1. The smallest absolute Gasteiger partial charge is 0.357 e. The Kier molecular flexibility index (Phi) is 5.51. The number of benzene rings is 1. The lowest BCUT2D eigenvalue weighted by atomic mass is 9.96. The average Bonchev–Trinajstić information content (AvgIpc) is 3.03. The third-order valence-corrected chi connectivity index (χ3v) is 4.41. The van der Waals surface area contributed by atoms with E-state index >= 15 is 0 Å². The second kappa shape index (κ2) is 7.23. The number of hydrogen-bond donors (Lipinski definition) is 1. The quantitative estimate of drug-likeness (QED) is 0.915. The zero-order valence-electron chi connectivity index (χ0n) is 13.7. The molecule has 1 aliphatic rings. The van der Waals surface area contributed by atoms with Crippen molar-refractivity contribution in [3.8, 4) is 0 Å². The van der Waals surface area contributed by atoms with Crippen molar-refractivity contribution in [2.45, 2.75) is 44.3 Å². The van der Waals surface area contributed by atoms with Gasteiger partial charge >= 0.3 is 6.18 Å². The highest BCUT2D eigenvalue weighted by atomic mass is 19.4. The lowest BCUT2D eigenvalue weighted by Crippen LogP contribution is -2.45. The molecular weight excluding hydrogens is 321 g/mol. The summed E-state index contributed by atoms with van der Waals surface area (Å²) in [6, 6.07) is 4.42. The molecule has 0 unspecified atom stereocenters. The van der Waals surface area contributed by atoms with Gasteiger partial charge in [-0.05, 0) is 36.5 Å². The number of hydrogen-bond acceptors (Lipinski definition) is 2. The van der Waals surface area contributed by atoms with Gasteiger partial charge in [0.1, 0.15) is 6.04 Å². The van der Waals surface area contributed by atoms with Crippen molar-refractivity contribution in [1.29, 1.82) is 0 Å². The molecule has 1 aromatic carbocycles. The van der Waals surface area contributed by atoms with Crippen LogP contribution >= 0.6 is 0 Å². The molecule has 0 spiro atoms. The summed E-state index contributed by atoms with van der Waals surface area (Å²) in [6.45, 7) is 2.34. The molecule has 1 aliphatic heterocycles. The van der Waals surface area contributed by atoms with Gasteiger partial charge < -0.3 is 10.2 Å². The van der Waals surface area contributed by atoms with Gasteiger partial charge in [0.25, 0.3) is 0 Å². The molecule has 0 radical (unpaired) electrons. The highest BCUT2D eigenvalue weighted by Crippen LogP contribution is 2.31. The van der Waals surface area contributed by atoms with Crippen molar-refractivity contribution in [1.82, 2.24) is 10.2 Å². The molecule has 1 heterocycles. The van der Waals surface area contributed by atoms with Crippen molar-refractivity contribution in [2.75, 3.05) is 13.6 Å². The number of carbonyl (C=O) groups excluding carboxylic acids is 2. The predicted octanol–water partition coefficient (Wildman–Crippen LogP) is 2.94. The van der Waals surface area contributed by atoms with E-state index < -0.39 is 17.8 Å². The number of likely N-dealkylation sites (N-methyl/N-ethyl adjacent to an activating group) is 1. The summed E-state index contributed by atoms with van der Waals surface area (Å²) in [5.41, 5.74) is -0.0314. The molecule has 1 N–H and O–H groups in total. The van der Waals surface area contributed by atoms with Crippen molar-refractivity contribution in [2.24, 2.45) is 0 Å². The van der Waals surface area contributed by atoms with E-state index in [2.05, 4.69) is 5.32 Å². The Morgan fingerprint density at radius 3 is 2.46 bits per heavy atom. The Morgan fingerprint density at radius 2 is 1.92 bits per heavy atom. The number of halogens is 3. The fraction of sp³-hybridized carbons (Fsp3) is 0.529. The normalized spacial score (nSPS) is 19.2. The first-order valence-corrected chi connectivity index (χ1v) is 7.92. The minimum absolute atomic E-state index is 0.145. The van der Waals surface area contributed by atoms with Gasteiger partial charge in [0.15, 0.2) is 0 Å². The molecule has 4 nitrogen and oxygen atoms in total. The van der Waals surface area contributed by atoms with Gasteiger partial charge in [0.2, 0.25) is 11.8 Å². The average molecular weight is 342 g/mol. The van der Waals surface area contributed by atoms with Crippen LogP contribution in [0.2, 0.25) is 0 Å². The van der Waals surface area contributed by atoms with Crippen LogP contribution in [0, 0.1) is 0 Å². The third kappa shape index (κ3) is 4.07. The molecular formula is C17H21F3N2O2. The van der Waals surface area contributed by atoms with Gasteiger partial charge in [-0.25, -0.2) is 0 Å². The highest BCUT2D eigenvalue weighted by molar-refractivity contribution is 5.88. The zero-order valence-corrected chi connectivity index (χ0v) is 13.7. The Balaban J connectivity index is 2.02. The number of rotatable bonds is 4. The van der Waals surface area contributed by atoms with Crippen LogP contribution in [0.25, 0.3) is 0 Å². The summed E-state index contributed by atoms with van der Waals surface area (Å²) >= 11 is 0. The highest BCUT2D eigenvalue weighted by Gasteiger charge is 2.34. The SMILES string of the molecule is CNC(=O)[C@H]1CCCN1C(=O)C[C@@H](C)c1ccc(C(F)(F)F)cc1. The van der Waals surface area contributed by atoms with E-state index in [0.29, 0.717) is 18.5 Å². The molecule has 0 aliphatic carbocycles. The minimum Gasteiger partial charge on any atom is -0.357 e. The molecule has 0 saturated carbocycles. The largest absolute Gasteiger partial charge is 0.416 e. The Labute approximate surface area is 139 Å². The van der Waals surface area contributed by atoms with Gasteiger partial charge in [0, 0.05) is 20.0 Å². The lowest BCUT2D eigenvalue weighted by molar-refractivity contribution is -0.138. The van der Waals surface area contributed by atoms with E-state index in [0.717, 1.165) is 18.6 Å². The van der Waals surface area contributed by atoms with Crippen molar-refractivity contribution in [3.63, 3.8) is 0 Å². The number of nitrogens with one attached hydrogen (secondary N) is 1. The lowest BCUT2D eigenvalue weighted by Gasteiger charge is -2.25. The Morgan fingerprint density at radius 1 is 1.29 bits per heavy atom. The molecule has 2 amide bonds. The van der Waals surface area contributed by atoms with E-state index in [1.165, 1.54) is 19.2 Å². The number of carbonyl (C=O) groups is 2. The number of alkyl halides is 3. The first-order chi connectivity index (χ1) is 11.2. The molecule has 132 valence electrons. The summed E-state index contributed by atoms with van der Waals surface area (Å²) in [5.74, 6) is -0.540. The van der Waals surface area contributed by atoms with Gasteiger partial charge in [-0.1, -0.05) is 19.1 Å². The van der Waals surface area contributed by atoms with Crippen molar-refractivity contribution < 1.29 is 22.8 Å². The van der Waals surface area contributed by atoms with Crippen molar-refractivity contribution >= 4 is 11.8 Å². The van der Waals surface area contributed by atoms with Crippen LogP contribution in [0.1, 0.15) is 43.2 Å². The molecule has 1 saturated heterocycles. The van der Waals surface area contributed by atoms with Crippen LogP contribution in [-0.4, -0.2) is 36.3 Å². The van der Waals surface area contributed by atoms with E-state index in [4.69, 9.17) is 0 Å². The summed E-state index contributed by atoms with van der Waals surface area (Å²) in [5, 5.41) is 2.56. The molecule has 7 heteroatoms. The molecule has 1 aromatic rings. The maximum atomic E-state index is 12.6. The maximum absolute atomic E-state index is 12.6. The van der Waals surface area contributed by atoms with E-state index in [1.807, 2.05) is 0 Å². The maximum Gasteiger partial charge on any atom is 0.416 e. The molecule has 2 atom stereocenters. The van der Waals surface area contributed by atoms with Crippen LogP contribution in [0.15, 0.2) is 24.3 Å². The van der Waals surface area contributed by atoms with Crippen molar-refractivity contribution in [3.05, 3.63) is 35.4 Å². The fourth-order valence-corrected chi connectivity index (χ4v) is 3.00. The monoisotopic (exact) mass is 342 g/mol. The fourth-order valence-electron chi connectivity index (χ4n) is 3.00. The predicted molar refractivity (Wildman–Crippen MR) is 83.3 cm³/mol. The van der Waals surface area contributed by atoms with Gasteiger partial charge in [-0.2, -0.15) is 13.2 Å². The molecule has 2 rings (SSSR count). The van der Waals surface area contributed by atoms with Crippen LogP contribution < -0.4 is 5.32 Å². The minimum atomic E-state index is -4.37. The standard InChI is InChI=1S/C17H21F3N2O2/c1-11(12-5-7-13(8-6-12)17(18,19)20)10-15(23)22-9-3-4-14(22)16(24)21-2/h5-8,11,14H,3-4,9-10H2,1-2H3,(H,21,24)/t11-,14-/m1/s1. The summed E-state index contributed by atoms with van der Waals surface area (Å²) in [7, 11) is 1.54. The van der Waals surface area contributed by atoms with Gasteiger partial charge in [0.05, 0.1) is 5.56 Å². The van der Waals surface area contributed by atoms with Crippen LogP contribution in [0.3, 0.4) is 0 Å². The first-order valence-electron chi connectivity index (χ1n) is 7.92. The van der Waals surface area contributed by atoms with Crippen LogP contribution in [0.5, 0.6) is 0 Å². The first kappa shape index (κ1) is 18.3. The van der Waals surface area contributed by atoms with E-state index in [9.17, 15) is 22.8 Å². The topological polar surface area (TPSA) is 49.4 Å². The van der Waals surface area contributed by atoms with E-state index in [-0.39, 0.29) is 24.2 Å². The summed E-state index contributed by atoms with van der Waals surface area (Å²) in [6.07, 6.45) is -2.79. The Hall–Kier alpha value is -2.05. The van der Waals surface area contributed by atoms with Gasteiger partial charge in [-0.15, -0.1) is 0 Å². The summed E-state index contributed by atoms with van der Waals surface area (Å²) < 4.78 is 37.8. The Bertz CT molecular complexity index is 599. The molecule has 0 aromatic heterocycles. The van der Waals surface area contributed by atoms with Crippen LogP contribution in [0.4, 0.5) is 13.2 Å². The zero-order chi connectivity index (χ0) is 17.9. The third-order valence-electron chi connectivity index (χ3n) is 4.41. The van der Waals surface area contributed by atoms with E-state index in [1.54, 1.807) is 11.8 Å². The van der Waals surface area contributed by atoms with Gasteiger partial charge in [-0.3, -0.25) is 9.59 Å².